The summed E-state index contributed by atoms with van der Waals surface area (Å²) in [4.78, 5) is 21.3. The van der Waals surface area contributed by atoms with Gasteiger partial charge in [-0.15, -0.1) is 0 Å². The van der Waals surface area contributed by atoms with Crippen LogP contribution in [-0.2, 0) is 0 Å². The summed E-state index contributed by atoms with van der Waals surface area (Å²) in [5.41, 5.74) is 2.99. The van der Waals surface area contributed by atoms with Crippen molar-refractivity contribution in [3.05, 3.63) is 65.8 Å². The molecule has 3 heterocycles. The quantitative estimate of drug-likeness (QED) is 0.623. The van der Waals surface area contributed by atoms with Crippen molar-refractivity contribution in [2.75, 3.05) is 0 Å². The molecule has 3 aromatic heterocycles. The van der Waals surface area contributed by atoms with Gasteiger partial charge in [0.05, 0.1) is 17.1 Å². The summed E-state index contributed by atoms with van der Waals surface area (Å²) in [5.74, 6) is -0.970. The molecule has 6 heteroatoms. The summed E-state index contributed by atoms with van der Waals surface area (Å²) in [7, 11) is 0. The van der Waals surface area contributed by atoms with Gasteiger partial charge in [0.15, 0.2) is 4.96 Å². The highest BCUT2D eigenvalue weighted by Crippen LogP contribution is 2.32. The number of carboxylic acids is 1. The van der Waals surface area contributed by atoms with Crippen LogP contribution in [0.5, 0.6) is 0 Å². The van der Waals surface area contributed by atoms with E-state index >= 15 is 0 Å². The monoisotopic (exact) mass is 321 g/mol. The minimum Gasteiger partial charge on any atom is -0.477 e. The molecule has 0 atom stereocenters. The van der Waals surface area contributed by atoms with Crippen molar-refractivity contribution < 1.29 is 9.90 Å². The molecule has 0 saturated carbocycles. The average molecular weight is 321 g/mol. The van der Waals surface area contributed by atoms with Gasteiger partial charge in [0, 0.05) is 18.0 Å². The van der Waals surface area contributed by atoms with E-state index in [1.54, 1.807) is 22.7 Å². The smallest absolute Gasteiger partial charge is 0.348 e. The zero-order chi connectivity index (χ0) is 15.8. The maximum Gasteiger partial charge on any atom is 0.348 e. The van der Waals surface area contributed by atoms with Crippen LogP contribution in [-0.4, -0.2) is 25.4 Å². The number of nitrogens with zero attached hydrogens (tertiary/aromatic N) is 3. The molecule has 0 radical (unpaired) electrons. The zero-order valence-corrected chi connectivity index (χ0v) is 12.7. The number of hydrogen-bond donors (Lipinski definition) is 1. The van der Waals surface area contributed by atoms with Crippen LogP contribution in [0.2, 0.25) is 0 Å². The zero-order valence-electron chi connectivity index (χ0n) is 11.9. The maximum absolute atomic E-state index is 11.6. The van der Waals surface area contributed by atoms with Gasteiger partial charge in [-0.25, -0.2) is 9.78 Å². The number of carboxylic acid groups (broad SMARTS) is 1. The molecule has 112 valence electrons. The number of carbonyl (C=O) groups is 1. The molecule has 0 unspecified atom stereocenters. The Morgan fingerprint density at radius 1 is 1.04 bits per heavy atom. The average Bonchev–Trinajstić information content (AvgIpc) is 3.14. The first-order valence-electron chi connectivity index (χ1n) is 6.96. The Labute approximate surface area is 135 Å². The number of hydrogen-bond acceptors (Lipinski definition) is 4. The fourth-order valence-corrected chi connectivity index (χ4v) is 3.44. The van der Waals surface area contributed by atoms with E-state index in [2.05, 4.69) is 9.97 Å². The lowest BCUT2D eigenvalue weighted by atomic mass is 10.2. The number of benzene rings is 1. The van der Waals surface area contributed by atoms with E-state index in [0.29, 0.717) is 16.3 Å². The fraction of sp³-hybridized carbons (Fsp3) is 0. The molecule has 0 saturated heterocycles. The van der Waals surface area contributed by atoms with Gasteiger partial charge >= 0.3 is 5.97 Å². The van der Waals surface area contributed by atoms with Gasteiger partial charge in [0.1, 0.15) is 4.88 Å². The topological polar surface area (TPSA) is 67.5 Å². The second-order valence-electron chi connectivity index (χ2n) is 4.94. The first kappa shape index (κ1) is 13.7. The van der Waals surface area contributed by atoms with Crippen LogP contribution in [0.3, 0.4) is 0 Å². The Morgan fingerprint density at radius 2 is 1.83 bits per heavy atom. The molecule has 1 aromatic carbocycles. The lowest BCUT2D eigenvalue weighted by Gasteiger charge is -2.01. The van der Waals surface area contributed by atoms with E-state index in [9.17, 15) is 9.90 Å². The number of rotatable bonds is 3. The minimum absolute atomic E-state index is 0.241. The Morgan fingerprint density at radius 3 is 2.52 bits per heavy atom. The number of pyridine rings is 1. The van der Waals surface area contributed by atoms with Crippen molar-refractivity contribution in [3.63, 3.8) is 0 Å². The Bertz CT molecular complexity index is 991. The fourth-order valence-electron chi connectivity index (χ4n) is 2.48. The third-order valence-electron chi connectivity index (χ3n) is 3.49. The molecule has 0 fully saturated rings. The van der Waals surface area contributed by atoms with E-state index in [1.165, 1.54) is 0 Å². The Hall–Kier alpha value is -2.99. The molecule has 0 aliphatic rings. The van der Waals surface area contributed by atoms with Crippen LogP contribution in [0.25, 0.3) is 27.6 Å². The van der Waals surface area contributed by atoms with E-state index < -0.39 is 5.97 Å². The number of aromatic carboxylic acids is 1. The third-order valence-corrected chi connectivity index (χ3v) is 4.54. The molecule has 23 heavy (non-hydrogen) atoms. The predicted octanol–water partition coefficient (Wildman–Crippen LogP) is 3.82. The van der Waals surface area contributed by atoms with Crippen molar-refractivity contribution in [1.29, 1.82) is 0 Å². The number of fused-ring (bicyclic) bond motifs is 1. The Balaban J connectivity index is 1.97. The standard InChI is InChI=1S/C17H11N3O2S/c21-16(22)15-14(12-8-4-5-9-18-12)20-10-13(19-17(20)23-15)11-6-2-1-3-7-11/h1-10H,(H,21,22). The first-order valence-corrected chi connectivity index (χ1v) is 7.77. The molecule has 4 rings (SSSR count). The van der Waals surface area contributed by atoms with E-state index in [1.807, 2.05) is 42.6 Å². The van der Waals surface area contributed by atoms with Crippen LogP contribution in [0.1, 0.15) is 9.67 Å². The van der Waals surface area contributed by atoms with Crippen molar-refractivity contribution in [3.8, 4) is 22.6 Å². The molecular weight excluding hydrogens is 310 g/mol. The van der Waals surface area contributed by atoms with E-state index in [-0.39, 0.29) is 4.88 Å². The van der Waals surface area contributed by atoms with Gasteiger partial charge in [-0.1, -0.05) is 47.7 Å². The number of imidazole rings is 1. The molecule has 4 aromatic rings. The summed E-state index contributed by atoms with van der Waals surface area (Å²) >= 11 is 1.15. The van der Waals surface area contributed by atoms with Crippen molar-refractivity contribution in [1.82, 2.24) is 14.4 Å². The van der Waals surface area contributed by atoms with E-state index in [0.717, 1.165) is 22.6 Å². The highest BCUT2D eigenvalue weighted by Gasteiger charge is 2.22. The number of aromatic nitrogens is 3. The second kappa shape index (κ2) is 5.33. The SMILES string of the molecule is O=C(O)c1sc2nc(-c3ccccc3)cn2c1-c1ccccn1. The molecule has 0 aliphatic heterocycles. The molecule has 0 bridgehead atoms. The van der Waals surface area contributed by atoms with Gasteiger partial charge in [0.25, 0.3) is 0 Å². The maximum atomic E-state index is 11.6. The summed E-state index contributed by atoms with van der Waals surface area (Å²) < 4.78 is 1.80. The molecular formula is C17H11N3O2S. The molecule has 1 N–H and O–H groups in total. The van der Waals surface area contributed by atoms with Crippen molar-refractivity contribution >= 4 is 22.3 Å². The molecule has 5 nitrogen and oxygen atoms in total. The van der Waals surface area contributed by atoms with Gasteiger partial charge in [-0.3, -0.25) is 9.38 Å². The summed E-state index contributed by atoms with van der Waals surface area (Å²) in [6.45, 7) is 0. The third kappa shape index (κ3) is 2.29. The highest BCUT2D eigenvalue weighted by molar-refractivity contribution is 7.19. The normalized spacial score (nSPS) is 11.0. The molecule has 0 aliphatic carbocycles. The van der Waals surface area contributed by atoms with Crippen molar-refractivity contribution in [2.45, 2.75) is 0 Å². The van der Waals surface area contributed by atoms with E-state index in [4.69, 9.17) is 0 Å². The Kier molecular flexibility index (Phi) is 3.17. The molecule has 0 spiro atoms. The van der Waals surface area contributed by atoms with Gasteiger partial charge in [-0.05, 0) is 12.1 Å². The van der Waals surface area contributed by atoms with Crippen LogP contribution in [0, 0.1) is 0 Å². The van der Waals surface area contributed by atoms with Gasteiger partial charge < -0.3 is 5.11 Å². The predicted molar refractivity (Wildman–Crippen MR) is 88.7 cm³/mol. The molecule has 0 amide bonds. The van der Waals surface area contributed by atoms with Crippen LogP contribution >= 0.6 is 11.3 Å². The minimum atomic E-state index is -0.970. The van der Waals surface area contributed by atoms with Crippen LogP contribution in [0.4, 0.5) is 0 Å². The first-order chi connectivity index (χ1) is 11.2. The van der Waals surface area contributed by atoms with Crippen LogP contribution in [0.15, 0.2) is 60.9 Å². The second-order valence-corrected chi connectivity index (χ2v) is 5.92. The summed E-state index contributed by atoms with van der Waals surface area (Å²) in [6.07, 6.45) is 3.51. The lowest BCUT2D eigenvalue weighted by Crippen LogP contribution is -1.98. The lowest BCUT2D eigenvalue weighted by molar-refractivity contribution is 0.0702. The van der Waals surface area contributed by atoms with Gasteiger partial charge in [-0.2, -0.15) is 0 Å². The summed E-state index contributed by atoms with van der Waals surface area (Å²) in [5, 5.41) is 9.47. The summed E-state index contributed by atoms with van der Waals surface area (Å²) in [6, 6.07) is 15.2. The number of thiazole rings is 1. The highest BCUT2D eigenvalue weighted by atomic mass is 32.1. The van der Waals surface area contributed by atoms with Gasteiger partial charge in [0.2, 0.25) is 0 Å². The van der Waals surface area contributed by atoms with Crippen molar-refractivity contribution in [2.24, 2.45) is 0 Å². The van der Waals surface area contributed by atoms with Crippen LogP contribution < -0.4 is 0 Å². The largest absolute Gasteiger partial charge is 0.477 e.